The molecule has 2 rings (SSSR count). The summed E-state index contributed by atoms with van der Waals surface area (Å²) < 4.78 is 10.6. The van der Waals surface area contributed by atoms with Gasteiger partial charge in [-0.3, -0.25) is 4.79 Å². The molecule has 0 radical (unpaired) electrons. The molecule has 1 aliphatic heterocycles. The number of fused-ring (bicyclic) bond motifs is 2. The average molecular weight is 170 g/mol. The molecule has 3 nitrogen and oxygen atoms in total. The van der Waals surface area contributed by atoms with Gasteiger partial charge in [0.25, 0.3) is 0 Å². The Labute approximate surface area is 72.0 Å². The van der Waals surface area contributed by atoms with Gasteiger partial charge in [0.15, 0.2) is 5.78 Å². The Bertz CT molecular complexity index is 202. The van der Waals surface area contributed by atoms with Gasteiger partial charge in [-0.1, -0.05) is 6.42 Å². The van der Waals surface area contributed by atoms with Crippen molar-refractivity contribution < 1.29 is 14.3 Å². The maximum absolute atomic E-state index is 11.7. The number of hydrogen-bond donors (Lipinski definition) is 0. The van der Waals surface area contributed by atoms with Crippen LogP contribution in [0.4, 0.5) is 0 Å². The second kappa shape index (κ2) is 2.82. The number of ketones is 1. The summed E-state index contributed by atoms with van der Waals surface area (Å²) in [4.78, 5) is 11.7. The van der Waals surface area contributed by atoms with Crippen LogP contribution in [0, 0.1) is 5.92 Å². The van der Waals surface area contributed by atoms with E-state index >= 15 is 0 Å². The van der Waals surface area contributed by atoms with Gasteiger partial charge in [0, 0.05) is 19.4 Å². The Kier molecular flexibility index (Phi) is 1.93. The molecule has 0 aromatic carbocycles. The first-order chi connectivity index (χ1) is 5.78. The Morgan fingerprint density at radius 2 is 2.42 bits per heavy atom. The van der Waals surface area contributed by atoms with Gasteiger partial charge in [0.2, 0.25) is 5.79 Å². The molecule has 2 fully saturated rings. The molecule has 1 saturated heterocycles. The van der Waals surface area contributed by atoms with Crippen LogP contribution >= 0.6 is 0 Å². The number of carbonyl (C=O) groups is 1. The van der Waals surface area contributed by atoms with Crippen molar-refractivity contribution in [3.05, 3.63) is 0 Å². The number of carbonyl (C=O) groups excluding carboxylic acids is 1. The monoisotopic (exact) mass is 170 g/mol. The third kappa shape index (κ3) is 1.00. The molecule has 1 aliphatic carbocycles. The fraction of sp³-hybridized carbons (Fsp3) is 0.889. The minimum atomic E-state index is -0.860. The SMILES string of the molecule is CO[C@@]12CCCC[C@@H](CO1)C2=O. The molecule has 2 aliphatic rings. The van der Waals surface area contributed by atoms with Crippen molar-refractivity contribution in [3.8, 4) is 0 Å². The number of Topliss-reactive ketones (excluding diaryl/α,β-unsaturated/α-hetero) is 1. The minimum absolute atomic E-state index is 0.104. The molecule has 2 bridgehead atoms. The van der Waals surface area contributed by atoms with E-state index in [1.807, 2.05) is 0 Å². The molecular formula is C9H14O3. The lowest BCUT2D eigenvalue weighted by atomic mass is 10.0. The zero-order valence-electron chi connectivity index (χ0n) is 7.34. The molecule has 0 spiro atoms. The van der Waals surface area contributed by atoms with Crippen LogP contribution in [-0.4, -0.2) is 25.3 Å². The molecular weight excluding hydrogens is 156 g/mol. The lowest BCUT2D eigenvalue weighted by Crippen LogP contribution is -2.38. The fourth-order valence-corrected chi connectivity index (χ4v) is 2.11. The van der Waals surface area contributed by atoms with E-state index < -0.39 is 5.79 Å². The highest BCUT2D eigenvalue weighted by atomic mass is 16.7. The Hall–Kier alpha value is -0.410. The van der Waals surface area contributed by atoms with Crippen molar-refractivity contribution >= 4 is 5.78 Å². The van der Waals surface area contributed by atoms with Gasteiger partial charge in [0.1, 0.15) is 0 Å². The lowest BCUT2D eigenvalue weighted by molar-refractivity contribution is -0.198. The largest absolute Gasteiger partial charge is 0.347 e. The summed E-state index contributed by atoms with van der Waals surface area (Å²) in [5.74, 6) is -0.587. The number of rotatable bonds is 1. The predicted molar refractivity (Wildman–Crippen MR) is 42.7 cm³/mol. The van der Waals surface area contributed by atoms with E-state index in [1.54, 1.807) is 7.11 Å². The maximum atomic E-state index is 11.7. The van der Waals surface area contributed by atoms with Crippen molar-refractivity contribution in [2.45, 2.75) is 31.5 Å². The van der Waals surface area contributed by atoms with Crippen molar-refractivity contribution in [1.82, 2.24) is 0 Å². The first-order valence-corrected chi connectivity index (χ1v) is 4.52. The summed E-state index contributed by atoms with van der Waals surface area (Å²) >= 11 is 0. The van der Waals surface area contributed by atoms with Crippen LogP contribution in [0.25, 0.3) is 0 Å². The van der Waals surface area contributed by atoms with E-state index in [9.17, 15) is 4.79 Å². The van der Waals surface area contributed by atoms with Crippen LogP contribution in [-0.2, 0) is 14.3 Å². The third-order valence-electron chi connectivity index (χ3n) is 2.90. The zero-order valence-corrected chi connectivity index (χ0v) is 7.34. The topological polar surface area (TPSA) is 35.5 Å². The molecule has 1 saturated carbocycles. The Balaban J connectivity index is 2.25. The summed E-state index contributed by atoms with van der Waals surface area (Å²) in [6.45, 7) is 0.562. The van der Waals surface area contributed by atoms with Gasteiger partial charge < -0.3 is 9.47 Å². The summed E-state index contributed by atoms with van der Waals surface area (Å²) in [6, 6.07) is 0. The molecule has 68 valence electrons. The Morgan fingerprint density at radius 1 is 1.58 bits per heavy atom. The van der Waals surface area contributed by atoms with Crippen LogP contribution < -0.4 is 0 Å². The second-order valence-electron chi connectivity index (χ2n) is 3.57. The fourth-order valence-electron chi connectivity index (χ4n) is 2.11. The molecule has 0 amide bonds. The van der Waals surface area contributed by atoms with Crippen LogP contribution in [0.15, 0.2) is 0 Å². The summed E-state index contributed by atoms with van der Waals surface area (Å²) in [5, 5.41) is 0. The third-order valence-corrected chi connectivity index (χ3v) is 2.90. The molecule has 3 heteroatoms. The van der Waals surface area contributed by atoms with E-state index in [1.165, 1.54) is 0 Å². The molecule has 1 heterocycles. The summed E-state index contributed by atoms with van der Waals surface area (Å²) in [6.07, 6.45) is 3.88. The molecule has 0 aromatic rings. The second-order valence-corrected chi connectivity index (χ2v) is 3.57. The number of methoxy groups -OCH3 is 1. The molecule has 0 N–H and O–H groups in total. The van der Waals surface area contributed by atoms with Gasteiger partial charge in [-0.15, -0.1) is 0 Å². The smallest absolute Gasteiger partial charge is 0.229 e. The zero-order chi connectivity index (χ0) is 8.60. The van der Waals surface area contributed by atoms with Crippen molar-refractivity contribution in [1.29, 1.82) is 0 Å². The van der Waals surface area contributed by atoms with Crippen molar-refractivity contribution in [2.75, 3.05) is 13.7 Å². The number of hydrogen-bond acceptors (Lipinski definition) is 3. The molecule has 0 aromatic heterocycles. The highest BCUT2D eigenvalue weighted by Crippen LogP contribution is 2.37. The van der Waals surface area contributed by atoms with Crippen LogP contribution in [0.2, 0.25) is 0 Å². The van der Waals surface area contributed by atoms with Crippen LogP contribution in [0.3, 0.4) is 0 Å². The maximum Gasteiger partial charge on any atom is 0.229 e. The van der Waals surface area contributed by atoms with E-state index in [2.05, 4.69) is 0 Å². The summed E-state index contributed by atoms with van der Waals surface area (Å²) in [5.41, 5.74) is 0. The first-order valence-electron chi connectivity index (χ1n) is 4.52. The van der Waals surface area contributed by atoms with E-state index in [-0.39, 0.29) is 11.7 Å². The molecule has 0 unspecified atom stereocenters. The highest BCUT2D eigenvalue weighted by Gasteiger charge is 2.50. The van der Waals surface area contributed by atoms with Gasteiger partial charge in [-0.2, -0.15) is 0 Å². The Morgan fingerprint density at radius 3 is 3.17 bits per heavy atom. The predicted octanol–water partition coefficient (Wildman–Crippen LogP) is 1.12. The lowest BCUT2D eigenvalue weighted by Gasteiger charge is -2.23. The van der Waals surface area contributed by atoms with Crippen molar-refractivity contribution in [3.63, 3.8) is 0 Å². The van der Waals surface area contributed by atoms with Gasteiger partial charge in [-0.25, -0.2) is 0 Å². The average Bonchev–Trinajstić information content (AvgIpc) is 2.24. The first kappa shape index (κ1) is 8.20. The van der Waals surface area contributed by atoms with Crippen LogP contribution in [0.5, 0.6) is 0 Å². The number of ether oxygens (including phenoxy) is 2. The quantitative estimate of drug-likeness (QED) is 0.591. The standard InChI is InChI=1S/C9H14O3/c1-11-9-5-3-2-4-7(6-12-9)8(9)10/h7H,2-6H2,1H3/t7-,9-/m0/s1. The summed E-state index contributed by atoms with van der Waals surface area (Å²) in [7, 11) is 1.56. The normalized spacial score (nSPS) is 41.4. The van der Waals surface area contributed by atoms with Gasteiger partial charge >= 0.3 is 0 Å². The highest BCUT2D eigenvalue weighted by molar-refractivity contribution is 5.90. The van der Waals surface area contributed by atoms with E-state index in [0.717, 1.165) is 25.7 Å². The van der Waals surface area contributed by atoms with E-state index in [0.29, 0.717) is 6.61 Å². The minimum Gasteiger partial charge on any atom is -0.347 e. The molecule has 2 atom stereocenters. The van der Waals surface area contributed by atoms with Gasteiger partial charge in [-0.05, 0) is 12.8 Å². The van der Waals surface area contributed by atoms with Crippen molar-refractivity contribution in [2.24, 2.45) is 5.92 Å². The molecule has 12 heavy (non-hydrogen) atoms. The van der Waals surface area contributed by atoms with Crippen LogP contribution in [0.1, 0.15) is 25.7 Å². The van der Waals surface area contributed by atoms with E-state index in [4.69, 9.17) is 9.47 Å². The van der Waals surface area contributed by atoms with Gasteiger partial charge in [0.05, 0.1) is 6.61 Å².